The maximum atomic E-state index is 13.7. The number of aliphatic carboxylic acids is 1. The van der Waals surface area contributed by atoms with Crippen molar-refractivity contribution in [2.75, 3.05) is 13.1 Å². The second-order valence-corrected chi connectivity index (χ2v) is 7.43. The van der Waals surface area contributed by atoms with Gasteiger partial charge in [0.25, 0.3) is 0 Å². The highest BCUT2D eigenvalue weighted by Crippen LogP contribution is 2.20. The zero-order valence-corrected chi connectivity index (χ0v) is 13.1. The van der Waals surface area contributed by atoms with Gasteiger partial charge in [0.1, 0.15) is 17.3 Å². The first-order valence-corrected chi connectivity index (χ1v) is 8.72. The minimum atomic E-state index is -4.20. The van der Waals surface area contributed by atoms with E-state index >= 15 is 0 Å². The Morgan fingerprint density at radius 2 is 1.95 bits per heavy atom. The van der Waals surface area contributed by atoms with Crippen molar-refractivity contribution in [3.8, 4) is 0 Å². The molecule has 8 heteroatoms. The number of benzene rings is 1. The van der Waals surface area contributed by atoms with Gasteiger partial charge in [-0.1, -0.05) is 18.2 Å². The SMILES string of the molecule is O=C(O)CN(CCc1cccs1)S(=O)(=O)c1ccccc1F. The Morgan fingerprint density at radius 1 is 1.23 bits per heavy atom. The molecule has 0 unspecified atom stereocenters. The Balaban J connectivity index is 2.27. The Kier molecular flexibility index (Phi) is 5.28. The first kappa shape index (κ1) is 16.6. The van der Waals surface area contributed by atoms with Gasteiger partial charge in [0, 0.05) is 11.4 Å². The zero-order chi connectivity index (χ0) is 16.2. The average molecular weight is 343 g/mol. The molecule has 2 rings (SSSR count). The molecule has 0 atom stereocenters. The second kappa shape index (κ2) is 6.99. The number of carboxylic acids is 1. The van der Waals surface area contributed by atoms with Gasteiger partial charge in [0.05, 0.1) is 0 Å². The Morgan fingerprint density at radius 3 is 2.55 bits per heavy atom. The summed E-state index contributed by atoms with van der Waals surface area (Å²) in [6.45, 7) is -0.731. The Hall–Kier alpha value is -1.77. The van der Waals surface area contributed by atoms with Crippen molar-refractivity contribution in [2.45, 2.75) is 11.3 Å². The number of thiophene rings is 1. The molecule has 0 radical (unpaired) electrons. The lowest BCUT2D eigenvalue weighted by atomic mass is 10.3. The van der Waals surface area contributed by atoms with E-state index in [1.54, 1.807) is 0 Å². The van der Waals surface area contributed by atoms with Crippen molar-refractivity contribution in [3.63, 3.8) is 0 Å². The van der Waals surface area contributed by atoms with Gasteiger partial charge in [-0.15, -0.1) is 11.3 Å². The van der Waals surface area contributed by atoms with Crippen molar-refractivity contribution >= 4 is 27.3 Å². The molecular weight excluding hydrogens is 329 g/mol. The number of rotatable bonds is 7. The minimum Gasteiger partial charge on any atom is -0.480 e. The number of halogens is 1. The molecule has 22 heavy (non-hydrogen) atoms. The van der Waals surface area contributed by atoms with Gasteiger partial charge in [-0.25, -0.2) is 12.8 Å². The standard InChI is InChI=1S/C14H14FNO4S2/c15-12-5-1-2-6-13(12)22(19,20)16(10-14(17)18)8-7-11-4-3-9-21-11/h1-6,9H,7-8,10H2,(H,17,18). The maximum Gasteiger partial charge on any atom is 0.318 e. The summed E-state index contributed by atoms with van der Waals surface area (Å²) in [4.78, 5) is 11.4. The molecule has 0 bridgehead atoms. The molecule has 1 aromatic carbocycles. The third kappa shape index (κ3) is 3.90. The van der Waals surface area contributed by atoms with E-state index in [1.165, 1.54) is 23.5 Å². The monoisotopic (exact) mass is 343 g/mol. The lowest BCUT2D eigenvalue weighted by Crippen LogP contribution is -2.37. The first-order valence-electron chi connectivity index (χ1n) is 6.40. The summed E-state index contributed by atoms with van der Waals surface area (Å²) in [5, 5.41) is 10.8. The summed E-state index contributed by atoms with van der Waals surface area (Å²) >= 11 is 1.45. The molecule has 118 valence electrons. The number of carbonyl (C=O) groups is 1. The summed E-state index contributed by atoms with van der Waals surface area (Å²) in [5.74, 6) is -2.18. The van der Waals surface area contributed by atoms with Gasteiger partial charge in [-0.3, -0.25) is 4.79 Å². The van der Waals surface area contributed by atoms with E-state index < -0.39 is 33.3 Å². The highest BCUT2D eigenvalue weighted by Gasteiger charge is 2.28. The van der Waals surface area contributed by atoms with Crippen LogP contribution in [0.4, 0.5) is 4.39 Å². The van der Waals surface area contributed by atoms with Crippen LogP contribution < -0.4 is 0 Å². The predicted octanol–water partition coefficient (Wildman–Crippen LogP) is 2.21. The molecule has 1 heterocycles. The van der Waals surface area contributed by atoms with Crippen LogP contribution in [0.15, 0.2) is 46.7 Å². The topological polar surface area (TPSA) is 74.7 Å². The van der Waals surface area contributed by atoms with Gasteiger partial charge in [-0.05, 0) is 30.0 Å². The zero-order valence-electron chi connectivity index (χ0n) is 11.5. The number of sulfonamides is 1. The molecule has 0 aliphatic rings. The van der Waals surface area contributed by atoms with Crippen LogP contribution in [0, 0.1) is 5.82 Å². The van der Waals surface area contributed by atoms with Gasteiger partial charge < -0.3 is 5.11 Å². The van der Waals surface area contributed by atoms with Crippen molar-refractivity contribution in [2.24, 2.45) is 0 Å². The molecule has 1 aromatic heterocycles. The molecule has 0 saturated heterocycles. The normalized spacial score (nSPS) is 11.7. The smallest absolute Gasteiger partial charge is 0.318 e. The Labute approximate surface area is 131 Å². The van der Waals surface area contributed by atoms with E-state index in [4.69, 9.17) is 5.11 Å². The lowest BCUT2D eigenvalue weighted by Gasteiger charge is -2.20. The Bertz CT molecular complexity index is 744. The third-order valence-corrected chi connectivity index (χ3v) is 5.77. The van der Waals surface area contributed by atoms with Crippen LogP contribution in [0.1, 0.15) is 4.88 Å². The predicted molar refractivity (Wildman–Crippen MR) is 80.8 cm³/mol. The van der Waals surface area contributed by atoms with Gasteiger partial charge in [0.15, 0.2) is 0 Å². The molecule has 1 N–H and O–H groups in total. The van der Waals surface area contributed by atoms with Crippen LogP contribution in [0.25, 0.3) is 0 Å². The van der Waals surface area contributed by atoms with E-state index in [0.29, 0.717) is 6.42 Å². The van der Waals surface area contributed by atoms with Crippen molar-refractivity contribution in [1.82, 2.24) is 4.31 Å². The molecule has 0 amide bonds. The highest BCUT2D eigenvalue weighted by atomic mass is 32.2. The van der Waals surface area contributed by atoms with Crippen molar-refractivity contribution < 1.29 is 22.7 Å². The molecule has 5 nitrogen and oxygen atoms in total. The summed E-state index contributed by atoms with van der Waals surface area (Å²) in [6.07, 6.45) is 0.374. The van der Waals surface area contributed by atoms with E-state index in [0.717, 1.165) is 21.3 Å². The second-order valence-electron chi connectivity index (χ2n) is 4.49. The first-order chi connectivity index (χ1) is 10.4. The van der Waals surface area contributed by atoms with Crippen molar-refractivity contribution in [3.05, 3.63) is 52.5 Å². The van der Waals surface area contributed by atoms with Crippen LogP contribution in [0.5, 0.6) is 0 Å². The van der Waals surface area contributed by atoms with Crippen LogP contribution in [0.2, 0.25) is 0 Å². The summed E-state index contributed by atoms with van der Waals surface area (Å²) in [7, 11) is -4.20. The lowest BCUT2D eigenvalue weighted by molar-refractivity contribution is -0.137. The minimum absolute atomic E-state index is 0.0243. The largest absolute Gasteiger partial charge is 0.480 e. The molecular formula is C14H14FNO4S2. The van der Waals surface area contributed by atoms with Crippen LogP contribution in [0.3, 0.4) is 0 Å². The summed E-state index contributed by atoms with van der Waals surface area (Å²) in [5.41, 5.74) is 0. The average Bonchev–Trinajstić information content (AvgIpc) is 2.96. The van der Waals surface area contributed by atoms with E-state index in [2.05, 4.69) is 0 Å². The van der Waals surface area contributed by atoms with Crippen molar-refractivity contribution in [1.29, 1.82) is 0 Å². The summed E-state index contributed by atoms with van der Waals surface area (Å²) in [6, 6.07) is 8.59. The summed E-state index contributed by atoms with van der Waals surface area (Å²) < 4.78 is 39.5. The molecule has 0 spiro atoms. The maximum absolute atomic E-state index is 13.7. The highest BCUT2D eigenvalue weighted by molar-refractivity contribution is 7.89. The molecule has 2 aromatic rings. The van der Waals surface area contributed by atoms with Gasteiger partial charge >= 0.3 is 5.97 Å². The fourth-order valence-corrected chi connectivity index (χ4v) is 4.07. The fourth-order valence-electron chi connectivity index (χ4n) is 1.92. The molecule has 0 saturated carbocycles. The fraction of sp³-hybridized carbons (Fsp3) is 0.214. The third-order valence-electron chi connectivity index (χ3n) is 2.95. The quantitative estimate of drug-likeness (QED) is 0.836. The van der Waals surface area contributed by atoms with Crippen LogP contribution in [-0.2, 0) is 21.2 Å². The van der Waals surface area contributed by atoms with E-state index in [1.807, 2.05) is 17.5 Å². The van der Waals surface area contributed by atoms with E-state index in [9.17, 15) is 17.6 Å². The number of nitrogens with zero attached hydrogens (tertiary/aromatic N) is 1. The number of hydrogen-bond acceptors (Lipinski definition) is 4. The molecule has 0 aliphatic heterocycles. The van der Waals surface area contributed by atoms with Gasteiger partial charge in [0.2, 0.25) is 10.0 Å². The van der Waals surface area contributed by atoms with Gasteiger partial charge in [-0.2, -0.15) is 4.31 Å². The van der Waals surface area contributed by atoms with Crippen LogP contribution in [-0.4, -0.2) is 36.9 Å². The molecule has 0 fully saturated rings. The number of hydrogen-bond donors (Lipinski definition) is 1. The van der Waals surface area contributed by atoms with Crippen LogP contribution >= 0.6 is 11.3 Å². The number of carboxylic acid groups (broad SMARTS) is 1. The van der Waals surface area contributed by atoms with E-state index in [-0.39, 0.29) is 6.54 Å². The molecule has 0 aliphatic carbocycles.